The van der Waals surface area contributed by atoms with E-state index in [1.165, 1.54) is 37.4 Å². The average Bonchev–Trinajstić information content (AvgIpc) is 2.36. The lowest BCUT2D eigenvalue weighted by atomic mass is 10.0. The van der Waals surface area contributed by atoms with Gasteiger partial charge in [0.15, 0.2) is 5.82 Å². The highest BCUT2D eigenvalue weighted by molar-refractivity contribution is 6.33. The molecule has 18 heavy (non-hydrogen) atoms. The Labute approximate surface area is 108 Å². The lowest BCUT2D eigenvalue weighted by Crippen LogP contribution is -1.98. The van der Waals surface area contributed by atoms with E-state index in [0.29, 0.717) is 0 Å². The summed E-state index contributed by atoms with van der Waals surface area (Å²) in [4.78, 5) is 0. The number of nitrogen functional groups attached to an aromatic ring is 1. The molecule has 2 aromatic rings. The first kappa shape index (κ1) is 12.6. The molecule has 0 saturated heterocycles. The lowest BCUT2D eigenvalue weighted by Gasteiger charge is -2.13. The summed E-state index contributed by atoms with van der Waals surface area (Å²) < 4.78 is 32.9. The average molecular weight is 270 g/mol. The Morgan fingerprint density at radius 3 is 2.50 bits per heavy atom. The van der Waals surface area contributed by atoms with Gasteiger partial charge < -0.3 is 10.5 Å². The highest BCUT2D eigenvalue weighted by Gasteiger charge is 2.20. The van der Waals surface area contributed by atoms with E-state index in [1.54, 1.807) is 0 Å². The van der Waals surface area contributed by atoms with Crippen molar-refractivity contribution in [2.75, 3.05) is 12.8 Å². The summed E-state index contributed by atoms with van der Waals surface area (Å²) >= 11 is 5.92. The Kier molecular flexibility index (Phi) is 3.39. The van der Waals surface area contributed by atoms with Gasteiger partial charge in [-0.15, -0.1) is 0 Å². The van der Waals surface area contributed by atoms with Crippen molar-refractivity contribution >= 4 is 17.3 Å². The smallest absolute Gasteiger partial charge is 0.155 e. The molecule has 0 unspecified atom stereocenters. The minimum absolute atomic E-state index is 0.0326. The number of anilines is 1. The Bertz CT molecular complexity index is 602. The molecule has 0 bridgehead atoms. The molecule has 5 heteroatoms. The van der Waals surface area contributed by atoms with Crippen molar-refractivity contribution in [3.8, 4) is 16.9 Å². The van der Waals surface area contributed by atoms with Gasteiger partial charge in [-0.05, 0) is 24.3 Å². The third-order valence-corrected chi connectivity index (χ3v) is 2.88. The van der Waals surface area contributed by atoms with Crippen LogP contribution in [0.25, 0.3) is 11.1 Å². The highest BCUT2D eigenvalue weighted by Crippen LogP contribution is 2.40. The van der Waals surface area contributed by atoms with Crippen molar-refractivity contribution in [2.45, 2.75) is 0 Å². The van der Waals surface area contributed by atoms with Crippen LogP contribution in [0, 0.1) is 11.6 Å². The molecule has 0 heterocycles. The minimum atomic E-state index is -0.758. The fraction of sp³-hybridized carbons (Fsp3) is 0.0769. The molecular weight excluding hydrogens is 260 g/mol. The van der Waals surface area contributed by atoms with E-state index in [1.807, 2.05) is 0 Å². The van der Waals surface area contributed by atoms with Gasteiger partial charge in [-0.2, -0.15) is 0 Å². The summed E-state index contributed by atoms with van der Waals surface area (Å²) in [5.41, 5.74) is 5.25. The van der Waals surface area contributed by atoms with E-state index in [0.717, 1.165) is 0 Å². The van der Waals surface area contributed by atoms with Crippen molar-refractivity contribution in [1.82, 2.24) is 0 Å². The quantitative estimate of drug-likeness (QED) is 0.840. The maximum atomic E-state index is 14.0. The molecule has 0 saturated carbocycles. The molecule has 0 spiro atoms. The lowest BCUT2D eigenvalue weighted by molar-refractivity contribution is 0.413. The van der Waals surface area contributed by atoms with Crippen molar-refractivity contribution in [1.29, 1.82) is 0 Å². The van der Waals surface area contributed by atoms with Crippen molar-refractivity contribution < 1.29 is 13.5 Å². The van der Waals surface area contributed by atoms with Crippen LogP contribution in [-0.2, 0) is 0 Å². The van der Waals surface area contributed by atoms with Crippen LogP contribution in [0.15, 0.2) is 30.3 Å². The number of nitrogens with two attached hydrogens (primary N) is 1. The summed E-state index contributed by atoms with van der Waals surface area (Å²) in [5.74, 6) is -1.19. The van der Waals surface area contributed by atoms with E-state index in [-0.39, 0.29) is 27.6 Å². The van der Waals surface area contributed by atoms with Crippen molar-refractivity contribution in [2.24, 2.45) is 0 Å². The second-order valence-corrected chi connectivity index (χ2v) is 4.05. The Hall–Kier alpha value is -1.81. The first-order valence-corrected chi connectivity index (χ1v) is 5.50. The normalized spacial score (nSPS) is 10.4. The van der Waals surface area contributed by atoms with Gasteiger partial charge >= 0.3 is 0 Å². The summed E-state index contributed by atoms with van der Waals surface area (Å²) in [6.07, 6.45) is 0. The fourth-order valence-electron chi connectivity index (χ4n) is 1.71. The molecule has 2 nitrogen and oxygen atoms in total. The summed E-state index contributed by atoms with van der Waals surface area (Å²) in [6, 6.07) is 6.94. The molecule has 0 atom stereocenters. The van der Waals surface area contributed by atoms with E-state index >= 15 is 0 Å². The molecule has 2 N–H and O–H groups in total. The van der Waals surface area contributed by atoms with Gasteiger partial charge in [0, 0.05) is 5.56 Å². The van der Waals surface area contributed by atoms with Crippen LogP contribution in [0.1, 0.15) is 0 Å². The maximum absolute atomic E-state index is 14.0. The van der Waals surface area contributed by atoms with Gasteiger partial charge in [-0.3, -0.25) is 0 Å². The second-order valence-electron chi connectivity index (χ2n) is 3.64. The van der Waals surface area contributed by atoms with Crippen LogP contribution in [0.2, 0.25) is 5.02 Å². The molecule has 0 amide bonds. The van der Waals surface area contributed by atoms with Crippen LogP contribution in [0.3, 0.4) is 0 Å². The van der Waals surface area contributed by atoms with Gasteiger partial charge in [0.1, 0.15) is 11.6 Å². The predicted molar refractivity (Wildman–Crippen MR) is 67.8 cm³/mol. The van der Waals surface area contributed by atoms with Crippen molar-refractivity contribution in [3.05, 3.63) is 47.0 Å². The topological polar surface area (TPSA) is 35.2 Å². The number of methoxy groups -OCH3 is 1. The Morgan fingerprint density at radius 1 is 1.11 bits per heavy atom. The zero-order chi connectivity index (χ0) is 13.3. The molecular formula is C13H10ClF2NO. The van der Waals surface area contributed by atoms with Crippen LogP contribution in [0.5, 0.6) is 5.75 Å². The maximum Gasteiger partial charge on any atom is 0.155 e. The van der Waals surface area contributed by atoms with Crippen LogP contribution >= 0.6 is 11.6 Å². The summed E-state index contributed by atoms with van der Waals surface area (Å²) in [6.45, 7) is 0. The molecule has 0 aliphatic rings. The molecule has 0 aromatic heterocycles. The van der Waals surface area contributed by atoms with Gasteiger partial charge in [0.2, 0.25) is 0 Å². The number of hydrogen-bond acceptors (Lipinski definition) is 2. The highest BCUT2D eigenvalue weighted by atomic mass is 35.5. The third kappa shape index (κ3) is 1.99. The van der Waals surface area contributed by atoms with Crippen LogP contribution < -0.4 is 10.5 Å². The molecule has 2 aromatic carbocycles. The number of halogens is 3. The second kappa shape index (κ2) is 4.82. The standard InChI is InChI=1S/C13H10ClF2NO/c1-18-10-4-2-3-8(15)12(10)11-7(14)5-6-9(17)13(11)16/h2-6H,17H2,1H3. The van der Waals surface area contributed by atoms with Gasteiger partial charge in [0.25, 0.3) is 0 Å². The Morgan fingerprint density at radius 2 is 1.83 bits per heavy atom. The monoisotopic (exact) mass is 269 g/mol. The van der Waals surface area contributed by atoms with E-state index in [2.05, 4.69) is 0 Å². The zero-order valence-electron chi connectivity index (χ0n) is 9.51. The first-order chi connectivity index (χ1) is 8.56. The summed E-state index contributed by atoms with van der Waals surface area (Å²) in [5, 5.41) is 0.0742. The van der Waals surface area contributed by atoms with Gasteiger partial charge in [-0.25, -0.2) is 8.78 Å². The number of ether oxygens (including phenoxy) is 1. The Balaban J connectivity index is 2.81. The van der Waals surface area contributed by atoms with Crippen LogP contribution in [-0.4, -0.2) is 7.11 Å². The minimum Gasteiger partial charge on any atom is -0.496 e. The number of hydrogen-bond donors (Lipinski definition) is 1. The van der Waals surface area contributed by atoms with E-state index in [4.69, 9.17) is 22.1 Å². The first-order valence-electron chi connectivity index (χ1n) is 5.12. The van der Waals surface area contributed by atoms with Crippen LogP contribution in [0.4, 0.5) is 14.5 Å². The fourth-order valence-corrected chi connectivity index (χ4v) is 1.96. The number of rotatable bonds is 2. The number of benzene rings is 2. The molecule has 0 fully saturated rings. The molecule has 94 valence electrons. The molecule has 0 aliphatic heterocycles. The molecule has 0 radical (unpaired) electrons. The van der Waals surface area contributed by atoms with Gasteiger partial charge in [-0.1, -0.05) is 17.7 Å². The molecule has 0 aliphatic carbocycles. The van der Waals surface area contributed by atoms with Crippen molar-refractivity contribution in [3.63, 3.8) is 0 Å². The van der Waals surface area contributed by atoms with Gasteiger partial charge in [0.05, 0.1) is 23.4 Å². The van der Waals surface area contributed by atoms with E-state index < -0.39 is 11.6 Å². The largest absolute Gasteiger partial charge is 0.496 e. The molecule has 2 rings (SSSR count). The zero-order valence-corrected chi connectivity index (χ0v) is 10.3. The summed E-state index contributed by atoms with van der Waals surface area (Å²) in [7, 11) is 1.37. The SMILES string of the molecule is COc1cccc(F)c1-c1c(Cl)ccc(N)c1F. The third-order valence-electron chi connectivity index (χ3n) is 2.57. The van der Waals surface area contributed by atoms with E-state index in [9.17, 15) is 8.78 Å². The predicted octanol–water partition coefficient (Wildman–Crippen LogP) is 3.88.